The normalized spacial score (nSPS) is 11.2. The second-order valence-electron chi connectivity index (χ2n) is 3.91. The van der Waals surface area contributed by atoms with Crippen molar-refractivity contribution in [1.29, 1.82) is 0 Å². The van der Waals surface area contributed by atoms with Gasteiger partial charge in [0.15, 0.2) is 0 Å². The van der Waals surface area contributed by atoms with Gasteiger partial charge in [-0.1, -0.05) is 18.2 Å². The first kappa shape index (κ1) is 16.7. The summed E-state index contributed by atoms with van der Waals surface area (Å²) in [6.45, 7) is 0.414. The Morgan fingerprint density at radius 3 is 2.60 bits per heavy atom. The van der Waals surface area contributed by atoms with E-state index in [1.54, 1.807) is 0 Å². The average molecular weight is 307 g/mol. The van der Waals surface area contributed by atoms with Gasteiger partial charge in [-0.3, -0.25) is 4.79 Å². The number of hydrogen-bond acceptors (Lipinski definition) is 3. The molecular formula is C13H16F3NO2S. The molecular weight excluding hydrogens is 291 g/mol. The Morgan fingerprint density at radius 1 is 1.25 bits per heavy atom. The smallest absolute Gasteiger partial charge is 0.441 e. The third-order valence-corrected chi connectivity index (χ3v) is 2.99. The van der Waals surface area contributed by atoms with E-state index < -0.39 is 5.51 Å². The molecule has 0 aliphatic heterocycles. The highest BCUT2D eigenvalue weighted by molar-refractivity contribution is 8.00. The molecule has 0 saturated carbocycles. The molecule has 0 fully saturated rings. The molecule has 0 heterocycles. The van der Waals surface area contributed by atoms with E-state index in [1.165, 1.54) is 0 Å². The maximum Gasteiger partial charge on any atom is 0.441 e. The summed E-state index contributed by atoms with van der Waals surface area (Å²) in [6, 6.07) is 9.20. The van der Waals surface area contributed by atoms with E-state index in [9.17, 15) is 18.0 Å². The third kappa shape index (κ3) is 8.68. The van der Waals surface area contributed by atoms with Crippen LogP contribution in [0.15, 0.2) is 30.3 Å². The second kappa shape index (κ2) is 8.73. The second-order valence-corrected chi connectivity index (χ2v) is 5.07. The van der Waals surface area contributed by atoms with E-state index in [4.69, 9.17) is 4.74 Å². The fraction of sp³-hybridized carbons (Fsp3) is 0.462. The van der Waals surface area contributed by atoms with Gasteiger partial charge in [0.1, 0.15) is 5.75 Å². The summed E-state index contributed by atoms with van der Waals surface area (Å²) in [6.07, 6.45) is 0.761. The minimum Gasteiger partial charge on any atom is -0.494 e. The standard InChI is InChI=1S/C13H16F3NO2S/c14-13(15,16)20-10-8-17-12(18)7-4-9-19-11-5-2-1-3-6-11/h1-3,5-6H,4,7-10H2,(H,17,18). The molecule has 0 bridgehead atoms. The molecule has 0 aliphatic carbocycles. The number of para-hydroxylation sites is 1. The Balaban J connectivity index is 2.00. The molecule has 7 heteroatoms. The monoisotopic (exact) mass is 307 g/mol. The highest BCUT2D eigenvalue weighted by Gasteiger charge is 2.27. The van der Waals surface area contributed by atoms with Crippen molar-refractivity contribution in [2.24, 2.45) is 0 Å². The molecule has 0 aliphatic rings. The van der Waals surface area contributed by atoms with E-state index in [1.807, 2.05) is 30.3 Å². The molecule has 0 saturated heterocycles. The number of carbonyl (C=O) groups excluding carboxylic acids is 1. The topological polar surface area (TPSA) is 38.3 Å². The third-order valence-electron chi connectivity index (χ3n) is 2.25. The molecule has 112 valence electrons. The summed E-state index contributed by atoms with van der Waals surface area (Å²) in [7, 11) is 0. The first-order valence-electron chi connectivity index (χ1n) is 6.12. The lowest BCUT2D eigenvalue weighted by Crippen LogP contribution is -2.26. The van der Waals surface area contributed by atoms with Gasteiger partial charge in [-0.2, -0.15) is 13.2 Å². The minimum atomic E-state index is -4.24. The van der Waals surface area contributed by atoms with Gasteiger partial charge in [-0.15, -0.1) is 0 Å². The highest BCUT2D eigenvalue weighted by Crippen LogP contribution is 2.29. The number of benzene rings is 1. The van der Waals surface area contributed by atoms with Crippen LogP contribution in [0.5, 0.6) is 5.75 Å². The maximum atomic E-state index is 11.8. The van der Waals surface area contributed by atoms with E-state index >= 15 is 0 Å². The van der Waals surface area contributed by atoms with Crippen molar-refractivity contribution in [3.05, 3.63) is 30.3 Å². The van der Waals surface area contributed by atoms with Gasteiger partial charge in [-0.05, 0) is 30.3 Å². The number of hydrogen-bond donors (Lipinski definition) is 1. The molecule has 1 aromatic rings. The van der Waals surface area contributed by atoms with Crippen LogP contribution in [-0.2, 0) is 4.79 Å². The Hall–Kier alpha value is -1.37. The van der Waals surface area contributed by atoms with E-state index in [0.29, 0.717) is 13.0 Å². The fourth-order valence-electron chi connectivity index (χ4n) is 1.39. The molecule has 1 amide bonds. The van der Waals surface area contributed by atoms with Crippen LogP contribution in [0.4, 0.5) is 13.2 Å². The van der Waals surface area contributed by atoms with Crippen LogP contribution in [0.3, 0.4) is 0 Å². The molecule has 1 aromatic carbocycles. The number of nitrogens with one attached hydrogen (secondary N) is 1. The predicted molar refractivity (Wildman–Crippen MR) is 72.7 cm³/mol. The van der Waals surface area contributed by atoms with Crippen LogP contribution < -0.4 is 10.1 Å². The molecule has 0 spiro atoms. The lowest BCUT2D eigenvalue weighted by molar-refractivity contribution is -0.121. The largest absolute Gasteiger partial charge is 0.494 e. The SMILES string of the molecule is O=C(CCCOc1ccccc1)NCCSC(F)(F)F. The molecule has 0 radical (unpaired) electrons. The number of carbonyl (C=O) groups is 1. The van der Waals surface area contributed by atoms with Gasteiger partial charge < -0.3 is 10.1 Å². The van der Waals surface area contributed by atoms with Gasteiger partial charge in [0, 0.05) is 18.7 Å². The number of ether oxygens (including phenoxy) is 1. The lowest BCUT2D eigenvalue weighted by Gasteiger charge is -2.08. The zero-order chi connectivity index (χ0) is 14.8. The van der Waals surface area contributed by atoms with Crippen molar-refractivity contribution in [2.45, 2.75) is 18.3 Å². The van der Waals surface area contributed by atoms with Crippen LogP contribution >= 0.6 is 11.8 Å². The van der Waals surface area contributed by atoms with E-state index in [0.717, 1.165) is 5.75 Å². The fourth-order valence-corrected chi connectivity index (χ4v) is 1.82. The zero-order valence-electron chi connectivity index (χ0n) is 10.8. The summed E-state index contributed by atoms with van der Waals surface area (Å²) >= 11 is -0.138. The number of halogens is 3. The molecule has 1 rings (SSSR count). The zero-order valence-corrected chi connectivity index (χ0v) is 11.6. The van der Waals surface area contributed by atoms with Crippen LogP contribution in [0.2, 0.25) is 0 Å². The van der Waals surface area contributed by atoms with Crippen molar-refractivity contribution >= 4 is 17.7 Å². The van der Waals surface area contributed by atoms with Crippen molar-refractivity contribution in [3.8, 4) is 5.75 Å². The molecule has 0 atom stereocenters. The Bertz CT molecular complexity index is 398. The Labute approximate surface area is 119 Å². The summed E-state index contributed by atoms with van der Waals surface area (Å²) in [5.41, 5.74) is -4.24. The maximum absolute atomic E-state index is 11.8. The van der Waals surface area contributed by atoms with Crippen molar-refractivity contribution in [1.82, 2.24) is 5.32 Å². The number of rotatable bonds is 8. The molecule has 0 aromatic heterocycles. The predicted octanol–water partition coefficient (Wildman–Crippen LogP) is 3.21. The van der Waals surface area contributed by atoms with Crippen LogP contribution in [0, 0.1) is 0 Å². The van der Waals surface area contributed by atoms with Crippen molar-refractivity contribution in [3.63, 3.8) is 0 Å². The molecule has 0 unspecified atom stereocenters. The molecule has 3 nitrogen and oxygen atoms in total. The van der Waals surface area contributed by atoms with Crippen LogP contribution in [0.1, 0.15) is 12.8 Å². The summed E-state index contributed by atoms with van der Waals surface area (Å²) in [5, 5.41) is 2.44. The van der Waals surface area contributed by atoms with Gasteiger partial charge in [0.25, 0.3) is 0 Å². The lowest BCUT2D eigenvalue weighted by atomic mass is 10.3. The van der Waals surface area contributed by atoms with Crippen LogP contribution in [-0.4, -0.2) is 30.3 Å². The minimum absolute atomic E-state index is 0.0164. The number of amides is 1. The number of thioether (sulfide) groups is 1. The van der Waals surface area contributed by atoms with Gasteiger partial charge in [-0.25, -0.2) is 0 Å². The summed E-state index contributed by atoms with van der Waals surface area (Å²) in [5.74, 6) is 0.300. The van der Waals surface area contributed by atoms with Gasteiger partial charge in [0.05, 0.1) is 6.61 Å². The van der Waals surface area contributed by atoms with Gasteiger partial charge >= 0.3 is 5.51 Å². The quantitative estimate of drug-likeness (QED) is 0.750. The van der Waals surface area contributed by atoms with Crippen LogP contribution in [0.25, 0.3) is 0 Å². The van der Waals surface area contributed by atoms with Crippen molar-refractivity contribution < 1.29 is 22.7 Å². The van der Waals surface area contributed by atoms with E-state index in [2.05, 4.69) is 5.32 Å². The number of alkyl halides is 3. The Morgan fingerprint density at radius 2 is 1.95 bits per heavy atom. The van der Waals surface area contributed by atoms with E-state index in [-0.39, 0.29) is 36.4 Å². The van der Waals surface area contributed by atoms with Gasteiger partial charge in [0.2, 0.25) is 5.91 Å². The summed E-state index contributed by atoms with van der Waals surface area (Å²) < 4.78 is 40.9. The first-order valence-corrected chi connectivity index (χ1v) is 7.11. The molecule has 1 N–H and O–H groups in total. The highest BCUT2D eigenvalue weighted by atomic mass is 32.2. The summed E-state index contributed by atoms with van der Waals surface area (Å²) in [4.78, 5) is 11.3. The molecule has 20 heavy (non-hydrogen) atoms. The average Bonchev–Trinajstić information content (AvgIpc) is 2.40. The Kier molecular flexibility index (Phi) is 7.28. The first-order chi connectivity index (χ1) is 9.47. The van der Waals surface area contributed by atoms with Crippen molar-refractivity contribution in [2.75, 3.05) is 18.9 Å².